The molecule has 0 aliphatic heterocycles. The molecule has 7 nitrogen and oxygen atoms in total. The average Bonchev–Trinajstić information content (AvgIpc) is 2.84. The standard InChI is InChI=1S/C28H20O7/c29-20-13-11-18(12-14-20)9-10-19-15-21(30)17-22(16-19)34-28(33)24-6-2-4-8-26(24)35-27(32)23-5-1-3-7-25(23)31/h1-17,29-31H. The number of hydrogen-bond acceptors (Lipinski definition) is 7. The number of phenols is 3. The second kappa shape index (κ2) is 10.3. The molecule has 0 unspecified atom stereocenters. The fourth-order valence-corrected chi connectivity index (χ4v) is 3.23. The molecule has 0 spiro atoms. The molecule has 0 radical (unpaired) electrons. The van der Waals surface area contributed by atoms with Gasteiger partial charge in [0.25, 0.3) is 0 Å². The smallest absolute Gasteiger partial charge is 0.347 e. The van der Waals surface area contributed by atoms with Crippen LogP contribution in [0.25, 0.3) is 12.2 Å². The Hall–Kier alpha value is -5.04. The maximum atomic E-state index is 12.9. The molecule has 174 valence electrons. The zero-order valence-corrected chi connectivity index (χ0v) is 18.3. The van der Waals surface area contributed by atoms with Crippen LogP contribution in [-0.4, -0.2) is 27.3 Å². The summed E-state index contributed by atoms with van der Waals surface area (Å²) in [6.45, 7) is 0. The molecule has 35 heavy (non-hydrogen) atoms. The van der Waals surface area contributed by atoms with E-state index in [-0.39, 0.29) is 39.9 Å². The van der Waals surface area contributed by atoms with E-state index in [1.165, 1.54) is 36.4 Å². The number of rotatable bonds is 6. The third kappa shape index (κ3) is 5.85. The summed E-state index contributed by atoms with van der Waals surface area (Å²) in [4.78, 5) is 25.3. The third-order valence-electron chi connectivity index (χ3n) is 4.92. The Labute approximate surface area is 200 Å². The molecule has 0 aromatic heterocycles. The minimum absolute atomic E-state index is 0.0131. The van der Waals surface area contributed by atoms with E-state index in [0.717, 1.165) is 5.56 Å². The second-order valence-electron chi connectivity index (χ2n) is 7.48. The van der Waals surface area contributed by atoms with Crippen molar-refractivity contribution in [2.75, 3.05) is 0 Å². The lowest BCUT2D eigenvalue weighted by molar-refractivity contribution is 0.0705. The number of phenolic OH excluding ortho intramolecular Hbond substituents is 3. The number of aromatic hydroxyl groups is 3. The van der Waals surface area contributed by atoms with Crippen LogP contribution < -0.4 is 9.47 Å². The Morgan fingerprint density at radius 3 is 1.97 bits per heavy atom. The van der Waals surface area contributed by atoms with Crippen molar-refractivity contribution in [1.29, 1.82) is 0 Å². The van der Waals surface area contributed by atoms with E-state index in [4.69, 9.17) is 9.47 Å². The van der Waals surface area contributed by atoms with E-state index >= 15 is 0 Å². The molecule has 3 N–H and O–H groups in total. The van der Waals surface area contributed by atoms with Crippen molar-refractivity contribution in [3.05, 3.63) is 113 Å². The minimum atomic E-state index is -0.831. The van der Waals surface area contributed by atoms with E-state index in [0.29, 0.717) is 5.56 Å². The van der Waals surface area contributed by atoms with Crippen LogP contribution in [0.5, 0.6) is 28.7 Å². The number of carbonyl (C=O) groups excluding carboxylic acids is 2. The maximum absolute atomic E-state index is 12.9. The first-order valence-electron chi connectivity index (χ1n) is 10.5. The highest BCUT2D eigenvalue weighted by atomic mass is 16.6. The molecule has 0 fully saturated rings. The van der Waals surface area contributed by atoms with Gasteiger partial charge >= 0.3 is 11.9 Å². The van der Waals surface area contributed by atoms with Crippen molar-refractivity contribution in [1.82, 2.24) is 0 Å². The van der Waals surface area contributed by atoms with Crippen molar-refractivity contribution in [2.24, 2.45) is 0 Å². The predicted molar refractivity (Wildman–Crippen MR) is 130 cm³/mol. The minimum Gasteiger partial charge on any atom is -0.508 e. The molecular formula is C28H20O7. The van der Waals surface area contributed by atoms with Gasteiger partial charge in [-0.25, -0.2) is 9.59 Å². The summed E-state index contributed by atoms with van der Waals surface area (Å²) in [7, 11) is 0. The van der Waals surface area contributed by atoms with Gasteiger partial charge in [0.05, 0.1) is 0 Å². The van der Waals surface area contributed by atoms with Crippen LogP contribution in [0.2, 0.25) is 0 Å². The van der Waals surface area contributed by atoms with Crippen LogP contribution in [0.1, 0.15) is 31.8 Å². The molecule has 0 aliphatic rings. The van der Waals surface area contributed by atoms with E-state index in [2.05, 4.69) is 0 Å². The molecule has 0 atom stereocenters. The van der Waals surface area contributed by atoms with Crippen LogP contribution in [-0.2, 0) is 0 Å². The molecule has 7 heteroatoms. The molecule has 4 aromatic rings. The molecule has 4 aromatic carbocycles. The Morgan fingerprint density at radius 2 is 1.23 bits per heavy atom. The highest BCUT2D eigenvalue weighted by Gasteiger charge is 2.19. The molecule has 0 aliphatic carbocycles. The quantitative estimate of drug-likeness (QED) is 0.197. The zero-order valence-electron chi connectivity index (χ0n) is 18.3. The van der Waals surface area contributed by atoms with Crippen LogP contribution in [0.4, 0.5) is 0 Å². The Kier molecular flexibility index (Phi) is 6.78. The van der Waals surface area contributed by atoms with E-state index < -0.39 is 11.9 Å². The summed E-state index contributed by atoms with van der Waals surface area (Å²) < 4.78 is 10.8. The molecule has 0 bridgehead atoms. The van der Waals surface area contributed by atoms with Gasteiger partial charge < -0.3 is 24.8 Å². The van der Waals surface area contributed by atoms with Crippen LogP contribution in [0, 0.1) is 0 Å². The lowest BCUT2D eigenvalue weighted by atomic mass is 10.1. The van der Waals surface area contributed by atoms with Crippen molar-refractivity contribution in [3.8, 4) is 28.7 Å². The van der Waals surface area contributed by atoms with Gasteiger partial charge in [0.1, 0.15) is 39.9 Å². The van der Waals surface area contributed by atoms with Gasteiger partial charge in [0.15, 0.2) is 0 Å². The predicted octanol–water partition coefficient (Wildman–Crippen LogP) is 5.41. The Bertz CT molecular complexity index is 1410. The zero-order chi connectivity index (χ0) is 24.8. The molecule has 0 saturated heterocycles. The third-order valence-corrected chi connectivity index (χ3v) is 4.92. The summed E-state index contributed by atoms with van der Waals surface area (Å²) in [5, 5.41) is 29.4. The Morgan fingerprint density at radius 1 is 0.600 bits per heavy atom. The van der Waals surface area contributed by atoms with Crippen LogP contribution in [0.3, 0.4) is 0 Å². The topological polar surface area (TPSA) is 113 Å². The molecular weight excluding hydrogens is 448 g/mol. The normalized spacial score (nSPS) is 10.7. The summed E-state index contributed by atoms with van der Waals surface area (Å²) in [5.74, 6) is -1.79. The van der Waals surface area contributed by atoms with Crippen molar-refractivity contribution < 1.29 is 34.4 Å². The second-order valence-corrected chi connectivity index (χ2v) is 7.48. The fraction of sp³-hybridized carbons (Fsp3) is 0. The van der Waals surface area contributed by atoms with Gasteiger partial charge in [0, 0.05) is 6.07 Å². The van der Waals surface area contributed by atoms with Gasteiger partial charge in [-0.05, 0) is 59.7 Å². The van der Waals surface area contributed by atoms with E-state index in [1.54, 1.807) is 66.7 Å². The molecule has 0 amide bonds. The lowest BCUT2D eigenvalue weighted by Crippen LogP contribution is -2.14. The number of benzene rings is 4. The summed E-state index contributed by atoms with van der Waals surface area (Å²) in [6, 6.07) is 22.8. The molecule has 4 rings (SSSR count). The number of para-hydroxylation sites is 2. The number of hydrogen-bond donors (Lipinski definition) is 3. The van der Waals surface area contributed by atoms with Gasteiger partial charge in [0.2, 0.25) is 0 Å². The van der Waals surface area contributed by atoms with Gasteiger partial charge in [-0.2, -0.15) is 0 Å². The van der Waals surface area contributed by atoms with Crippen molar-refractivity contribution in [3.63, 3.8) is 0 Å². The SMILES string of the molecule is O=C(Oc1ccccc1C(=O)Oc1cc(O)cc(C=Cc2ccc(O)cc2)c1)c1ccccc1O. The average molecular weight is 468 g/mol. The summed E-state index contributed by atoms with van der Waals surface area (Å²) in [5.41, 5.74) is 1.33. The fourth-order valence-electron chi connectivity index (χ4n) is 3.23. The van der Waals surface area contributed by atoms with Gasteiger partial charge in [-0.15, -0.1) is 0 Å². The first-order valence-corrected chi connectivity index (χ1v) is 10.5. The van der Waals surface area contributed by atoms with Gasteiger partial charge in [-0.1, -0.05) is 48.6 Å². The monoisotopic (exact) mass is 468 g/mol. The number of carbonyl (C=O) groups is 2. The highest BCUT2D eigenvalue weighted by molar-refractivity contribution is 5.98. The molecule has 0 heterocycles. The number of ether oxygens (including phenoxy) is 2. The maximum Gasteiger partial charge on any atom is 0.347 e. The Balaban J connectivity index is 1.53. The summed E-state index contributed by atoms with van der Waals surface area (Å²) >= 11 is 0. The van der Waals surface area contributed by atoms with Gasteiger partial charge in [-0.3, -0.25) is 0 Å². The largest absolute Gasteiger partial charge is 0.508 e. The number of esters is 2. The van der Waals surface area contributed by atoms with Crippen LogP contribution in [0.15, 0.2) is 91.0 Å². The first-order chi connectivity index (χ1) is 16.9. The first kappa shape index (κ1) is 23.1. The van der Waals surface area contributed by atoms with E-state index in [1.807, 2.05) is 0 Å². The van der Waals surface area contributed by atoms with Crippen molar-refractivity contribution in [2.45, 2.75) is 0 Å². The van der Waals surface area contributed by atoms with E-state index in [9.17, 15) is 24.9 Å². The van der Waals surface area contributed by atoms with Crippen molar-refractivity contribution >= 4 is 24.1 Å². The lowest BCUT2D eigenvalue weighted by Gasteiger charge is -2.11. The summed E-state index contributed by atoms with van der Waals surface area (Å²) in [6.07, 6.45) is 3.49. The highest BCUT2D eigenvalue weighted by Crippen LogP contribution is 2.27. The van der Waals surface area contributed by atoms with Crippen LogP contribution >= 0.6 is 0 Å². The molecule has 0 saturated carbocycles.